The molecule has 1 atom stereocenters. The molecular formula is C21H20N4O2S. The minimum Gasteiger partial charge on any atom is -0.325 e. The van der Waals surface area contributed by atoms with Crippen molar-refractivity contribution in [3.63, 3.8) is 0 Å². The summed E-state index contributed by atoms with van der Waals surface area (Å²) >= 11 is 1.24. The Morgan fingerprint density at radius 1 is 1.14 bits per heavy atom. The molecule has 2 aromatic carbocycles. The van der Waals surface area contributed by atoms with Crippen molar-refractivity contribution in [1.29, 1.82) is 0 Å². The fourth-order valence-electron chi connectivity index (χ4n) is 3.15. The van der Waals surface area contributed by atoms with Crippen molar-refractivity contribution in [3.8, 4) is 0 Å². The number of anilines is 1. The van der Waals surface area contributed by atoms with Crippen LogP contribution in [0, 0.1) is 5.92 Å². The Balaban J connectivity index is 1.57. The number of hydrogen-bond acceptors (Lipinski definition) is 5. The number of amidine groups is 2. The molecule has 0 aromatic heterocycles. The molecule has 1 N–H and O–H groups in total. The summed E-state index contributed by atoms with van der Waals surface area (Å²) < 4.78 is 0. The minimum absolute atomic E-state index is 0.0883. The van der Waals surface area contributed by atoms with Gasteiger partial charge in [0, 0.05) is 11.3 Å². The maximum atomic E-state index is 13.0. The molecule has 0 saturated heterocycles. The molecule has 0 bridgehead atoms. The smallest absolute Gasteiger partial charge is 0.259 e. The standard InChI is InChI=1S/C21H20N4O2S/c1-13(2)18-20(27)25-19(24-18)15-10-6-7-11-16(15)23-21(25)28-12-17(26)22-14-8-4-3-5-9-14/h3-11,13,18H,12H2,1-2H3,(H,22,26)/t18-/m1/s1. The Hall–Kier alpha value is -2.93. The molecule has 2 aliphatic heterocycles. The summed E-state index contributed by atoms with van der Waals surface area (Å²) in [6.45, 7) is 3.96. The van der Waals surface area contributed by atoms with Crippen LogP contribution in [0.3, 0.4) is 0 Å². The van der Waals surface area contributed by atoms with Gasteiger partial charge in [0.1, 0.15) is 11.9 Å². The van der Waals surface area contributed by atoms with E-state index in [1.54, 1.807) is 4.90 Å². The zero-order chi connectivity index (χ0) is 19.7. The topological polar surface area (TPSA) is 74.1 Å². The third kappa shape index (κ3) is 3.45. The molecule has 2 amide bonds. The van der Waals surface area contributed by atoms with Crippen molar-refractivity contribution in [1.82, 2.24) is 4.90 Å². The number of carbonyl (C=O) groups excluding carboxylic acids is 2. The minimum atomic E-state index is -0.426. The van der Waals surface area contributed by atoms with E-state index < -0.39 is 6.04 Å². The average Bonchev–Trinajstić information content (AvgIpc) is 3.05. The number of nitrogens with one attached hydrogen (secondary N) is 1. The van der Waals surface area contributed by atoms with E-state index in [4.69, 9.17) is 0 Å². The number of thioether (sulfide) groups is 1. The lowest BCUT2D eigenvalue weighted by atomic mass is 10.1. The van der Waals surface area contributed by atoms with Crippen molar-refractivity contribution < 1.29 is 9.59 Å². The number of amides is 2. The van der Waals surface area contributed by atoms with Crippen LogP contribution in [0.15, 0.2) is 64.6 Å². The Morgan fingerprint density at radius 2 is 1.86 bits per heavy atom. The Morgan fingerprint density at radius 3 is 2.61 bits per heavy atom. The zero-order valence-corrected chi connectivity index (χ0v) is 16.4. The highest BCUT2D eigenvalue weighted by atomic mass is 32.2. The van der Waals surface area contributed by atoms with Crippen LogP contribution in [0.25, 0.3) is 0 Å². The third-order valence-corrected chi connectivity index (χ3v) is 5.46. The normalized spacial score (nSPS) is 17.8. The molecule has 2 heterocycles. The highest BCUT2D eigenvalue weighted by Gasteiger charge is 2.42. The van der Waals surface area contributed by atoms with Crippen LogP contribution in [-0.4, -0.2) is 39.5 Å². The maximum Gasteiger partial charge on any atom is 0.259 e. The van der Waals surface area contributed by atoms with E-state index in [-0.39, 0.29) is 23.5 Å². The van der Waals surface area contributed by atoms with Gasteiger partial charge >= 0.3 is 0 Å². The summed E-state index contributed by atoms with van der Waals surface area (Å²) in [5.41, 5.74) is 2.35. The average molecular weight is 392 g/mol. The molecule has 6 nitrogen and oxygen atoms in total. The zero-order valence-electron chi connectivity index (χ0n) is 15.6. The van der Waals surface area contributed by atoms with Crippen LogP contribution in [0.4, 0.5) is 11.4 Å². The fraction of sp³-hybridized carbons (Fsp3) is 0.238. The molecule has 0 radical (unpaired) electrons. The van der Waals surface area contributed by atoms with E-state index in [0.29, 0.717) is 11.0 Å². The molecule has 2 aliphatic rings. The SMILES string of the molecule is CC(C)[C@H]1N=C2c3ccccc3N=C(SCC(=O)Nc3ccccc3)N2C1=O. The van der Waals surface area contributed by atoms with Gasteiger partial charge in [-0.3, -0.25) is 14.6 Å². The summed E-state index contributed by atoms with van der Waals surface area (Å²) in [4.78, 5) is 36.2. The first-order valence-electron chi connectivity index (χ1n) is 9.12. The molecular weight excluding hydrogens is 372 g/mol. The quantitative estimate of drug-likeness (QED) is 0.863. The number of rotatable bonds is 4. The fourth-order valence-corrected chi connectivity index (χ4v) is 3.95. The predicted molar refractivity (Wildman–Crippen MR) is 113 cm³/mol. The molecule has 0 fully saturated rings. The van der Waals surface area contributed by atoms with Gasteiger partial charge in [0.2, 0.25) is 5.91 Å². The van der Waals surface area contributed by atoms with Crippen LogP contribution in [-0.2, 0) is 9.59 Å². The summed E-state index contributed by atoms with van der Waals surface area (Å²) in [6, 6.07) is 16.5. The molecule has 28 heavy (non-hydrogen) atoms. The summed E-state index contributed by atoms with van der Waals surface area (Å²) in [5, 5.41) is 3.34. The van der Waals surface area contributed by atoms with E-state index in [9.17, 15) is 9.59 Å². The molecule has 0 unspecified atom stereocenters. The third-order valence-electron chi connectivity index (χ3n) is 4.52. The van der Waals surface area contributed by atoms with E-state index in [1.165, 1.54) is 11.8 Å². The lowest BCUT2D eigenvalue weighted by Gasteiger charge is -2.25. The molecule has 2 aromatic rings. The van der Waals surface area contributed by atoms with Crippen LogP contribution < -0.4 is 5.32 Å². The summed E-state index contributed by atoms with van der Waals surface area (Å²) in [5.74, 6) is 0.627. The molecule has 4 rings (SSSR count). The highest BCUT2D eigenvalue weighted by Crippen LogP contribution is 2.34. The molecule has 0 saturated carbocycles. The predicted octanol–water partition coefficient (Wildman–Crippen LogP) is 3.67. The maximum absolute atomic E-state index is 13.0. The van der Waals surface area contributed by atoms with Crippen LogP contribution >= 0.6 is 11.8 Å². The number of carbonyl (C=O) groups is 2. The van der Waals surface area contributed by atoms with Gasteiger partial charge in [-0.15, -0.1) is 0 Å². The van der Waals surface area contributed by atoms with Crippen LogP contribution in [0.2, 0.25) is 0 Å². The second-order valence-electron chi connectivity index (χ2n) is 6.93. The van der Waals surface area contributed by atoms with Crippen LogP contribution in [0.5, 0.6) is 0 Å². The lowest BCUT2D eigenvalue weighted by molar-refractivity contribution is -0.125. The van der Waals surface area contributed by atoms with Gasteiger partial charge in [-0.25, -0.2) is 9.89 Å². The molecule has 7 heteroatoms. The first-order chi connectivity index (χ1) is 13.5. The number of hydrogen-bond donors (Lipinski definition) is 1. The number of benzene rings is 2. The van der Waals surface area contributed by atoms with E-state index in [2.05, 4.69) is 15.3 Å². The van der Waals surface area contributed by atoms with E-state index in [0.717, 1.165) is 16.9 Å². The first kappa shape index (κ1) is 18.4. The second kappa shape index (κ2) is 7.59. The van der Waals surface area contributed by atoms with Gasteiger partial charge in [0.25, 0.3) is 5.91 Å². The molecule has 0 aliphatic carbocycles. The summed E-state index contributed by atoms with van der Waals surface area (Å²) in [7, 11) is 0. The monoisotopic (exact) mass is 392 g/mol. The van der Waals surface area contributed by atoms with E-state index >= 15 is 0 Å². The van der Waals surface area contributed by atoms with E-state index in [1.807, 2.05) is 68.4 Å². The van der Waals surface area contributed by atoms with Crippen molar-refractivity contribution in [2.75, 3.05) is 11.1 Å². The van der Waals surface area contributed by atoms with Gasteiger partial charge in [0.05, 0.1) is 11.4 Å². The van der Waals surface area contributed by atoms with Crippen molar-refractivity contribution in [3.05, 3.63) is 60.2 Å². The van der Waals surface area contributed by atoms with Gasteiger partial charge in [-0.05, 0) is 30.2 Å². The lowest BCUT2D eigenvalue weighted by Crippen LogP contribution is -2.42. The van der Waals surface area contributed by atoms with Crippen molar-refractivity contribution >= 4 is 46.0 Å². The number of nitrogens with zero attached hydrogens (tertiary/aromatic N) is 3. The van der Waals surface area contributed by atoms with Crippen molar-refractivity contribution in [2.24, 2.45) is 15.9 Å². The Kier molecular flexibility index (Phi) is 5.00. The van der Waals surface area contributed by atoms with Gasteiger partial charge in [0.15, 0.2) is 5.17 Å². The second-order valence-corrected chi connectivity index (χ2v) is 7.87. The summed E-state index contributed by atoms with van der Waals surface area (Å²) in [6.07, 6.45) is 0. The Bertz CT molecular complexity index is 985. The number of aliphatic imine (C=N–C) groups is 2. The van der Waals surface area contributed by atoms with Crippen LogP contribution in [0.1, 0.15) is 19.4 Å². The van der Waals surface area contributed by atoms with Gasteiger partial charge in [-0.2, -0.15) is 0 Å². The van der Waals surface area contributed by atoms with Gasteiger partial charge in [-0.1, -0.05) is 55.9 Å². The first-order valence-corrected chi connectivity index (χ1v) is 10.1. The molecule has 142 valence electrons. The highest BCUT2D eigenvalue weighted by molar-refractivity contribution is 8.14. The number of para-hydroxylation sites is 2. The number of fused-ring (bicyclic) bond motifs is 3. The molecule has 0 spiro atoms. The van der Waals surface area contributed by atoms with Crippen molar-refractivity contribution in [2.45, 2.75) is 19.9 Å². The Labute approximate surface area is 167 Å². The van der Waals surface area contributed by atoms with Gasteiger partial charge < -0.3 is 5.32 Å². The largest absolute Gasteiger partial charge is 0.325 e.